The minimum Gasteiger partial charge on any atom is -0.383 e. The molecular weight excluding hydrogens is 722 g/mol. The molecule has 7 nitrogen and oxygen atoms in total. The lowest BCUT2D eigenvalue weighted by Gasteiger charge is -2.49. The third-order valence-electron chi connectivity index (χ3n) is 8.18. The Balaban J connectivity index is 1.78. The zero-order valence-electron chi connectivity index (χ0n) is 24.7. The van der Waals surface area contributed by atoms with Gasteiger partial charge in [-0.3, -0.25) is 9.59 Å². The van der Waals surface area contributed by atoms with E-state index in [0.717, 1.165) is 11.4 Å². The number of carbonyl (C=O) groups is 2. The number of rotatable bonds is 7. The Morgan fingerprint density at radius 3 is 1.95 bits per heavy atom. The van der Waals surface area contributed by atoms with Gasteiger partial charge >= 0.3 is 10.1 Å². The van der Waals surface area contributed by atoms with Crippen LogP contribution in [0.5, 0.6) is 5.75 Å². The van der Waals surface area contributed by atoms with Crippen LogP contribution in [-0.4, -0.2) is 45.1 Å². The van der Waals surface area contributed by atoms with Crippen molar-refractivity contribution in [3.8, 4) is 5.75 Å². The Morgan fingerprint density at radius 1 is 0.907 bits per heavy atom. The average molecular weight is 756 g/mol. The van der Waals surface area contributed by atoms with E-state index in [0.29, 0.717) is 69.5 Å². The molecule has 0 bridgehead atoms. The van der Waals surface area contributed by atoms with E-state index < -0.39 is 16.0 Å². The molecule has 5 rings (SSSR count). The molecule has 43 heavy (non-hydrogen) atoms. The maximum Gasteiger partial charge on any atom is 0.339 e. The number of nitrogens with zero attached hydrogens (tertiary/aromatic N) is 1. The summed E-state index contributed by atoms with van der Waals surface area (Å²) < 4.78 is 39.4. The van der Waals surface area contributed by atoms with Gasteiger partial charge in [-0.25, -0.2) is 0 Å². The largest absolute Gasteiger partial charge is 0.383 e. The predicted molar refractivity (Wildman–Crippen MR) is 173 cm³/mol. The molecule has 0 aromatic heterocycles. The third-order valence-corrected chi connectivity index (χ3v) is 10.7. The minimum absolute atomic E-state index is 0.0301. The van der Waals surface area contributed by atoms with Crippen molar-refractivity contribution in [2.45, 2.75) is 64.2 Å². The molecule has 0 saturated heterocycles. The number of ether oxygens (including phenoxy) is 1. The lowest BCUT2D eigenvalue weighted by atomic mass is 9.63. The van der Waals surface area contributed by atoms with Crippen molar-refractivity contribution in [1.29, 1.82) is 0 Å². The second kappa shape index (κ2) is 11.7. The predicted octanol–water partition coefficient (Wildman–Crippen LogP) is 7.96. The van der Waals surface area contributed by atoms with Gasteiger partial charge in [0.2, 0.25) is 0 Å². The number of Topliss-reactive ketones (excluding diaryl/α,β-unsaturated/α-hetero) is 2. The first kappa shape index (κ1) is 32.4. The number of allylic oxidation sites excluding steroid dienone is 4. The van der Waals surface area contributed by atoms with E-state index in [-0.39, 0.29) is 33.0 Å². The molecule has 2 aromatic rings. The van der Waals surface area contributed by atoms with Gasteiger partial charge in [0.1, 0.15) is 4.90 Å². The van der Waals surface area contributed by atoms with Gasteiger partial charge in [0.25, 0.3) is 0 Å². The average Bonchev–Trinajstić information content (AvgIpc) is 2.87. The number of carbonyl (C=O) groups excluding carboxylic acids is 2. The van der Waals surface area contributed by atoms with E-state index in [1.807, 2.05) is 0 Å². The highest BCUT2D eigenvalue weighted by atomic mass is 79.9. The first-order valence-electron chi connectivity index (χ1n) is 14.0. The summed E-state index contributed by atoms with van der Waals surface area (Å²) in [6.45, 7) is 9.19. The van der Waals surface area contributed by atoms with E-state index in [2.05, 4.69) is 64.5 Å². The van der Waals surface area contributed by atoms with E-state index >= 15 is 0 Å². The maximum absolute atomic E-state index is 14.1. The molecule has 3 aliphatic rings. The van der Waals surface area contributed by atoms with Crippen LogP contribution in [0.2, 0.25) is 5.02 Å². The molecule has 0 amide bonds. The molecule has 230 valence electrons. The number of hydrogen-bond acceptors (Lipinski definition) is 7. The molecule has 0 N–H and O–H groups in total. The van der Waals surface area contributed by atoms with E-state index in [9.17, 15) is 18.0 Å². The van der Waals surface area contributed by atoms with Gasteiger partial charge in [0.05, 0.1) is 11.1 Å². The molecule has 11 heteroatoms. The van der Waals surface area contributed by atoms with Crippen LogP contribution in [0.4, 0.5) is 0 Å². The van der Waals surface area contributed by atoms with Crippen LogP contribution in [0, 0.1) is 10.8 Å². The first-order valence-corrected chi connectivity index (χ1v) is 17.4. The summed E-state index contributed by atoms with van der Waals surface area (Å²) in [5.74, 6) is -0.904. The second-order valence-corrected chi connectivity index (χ2v) is 16.7. The fourth-order valence-corrected chi connectivity index (χ4v) is 9.00. The molecular formula is C32H34Br2ClNO6S. The molecule has 1 heterocycles. The Morgan fingerprint density at radius 2 is 1.44 bits per heavy atom. The smallest absolute Gasteiger partial charge is 0.339 e. The maximum atomic E-state index is 14.1. The highest BCUT2D eigenvalue weighted by Crippen LogP contribution is 2.56. The highest BCUT2D eigenvalue weighted by molar-refractivity contribution is 9.11. The lowest BCUT2D eigenvalue weighted by molar-refractivity contribution is -0.119. The van der Waals surface area contributed by atoms with Crippen LogP contribution in [0.3, 0.4) is 0 Å². The number of hydrogen-bond donors (Lipinski definition) is 0. The highest BCUT2D eigenvalue weighted by Gasteiger charge is 2.50. The molecule has 2 aliphatic carbocycles. The second-order valence-electron chi connectivity index (χ2n) is 13.0. The normalized spacial score (nSPS) is 20.3. The van der Waals surface area contributed by atoms with Gasteiger partial charge in [-0.15, -0.1) is 0 Å². The molecule has 2 aromatic carbocycles. The van der Waals surface area contributed by atoms with Crippen LogP contribution in [0.1, 0.15) is 64.9 Å². The monoisotopic (exact) mass is 753 g/mol. The number of benzene rings is 2. The summed E-state index contributed by atoms with van der Waals surface area (Å²) in [6.07, 6.45) is 1.84. The zero-order chi connectivity index (χ0) is 31.5. The van der Waals surface area contributed by atoms with Gasteiger partial charge in [-0.1, -0.05) is 55.2 Å². The fraction of sp³-hybridized carbons (Fsp3) is 0.438. The van der Waals surface area contributed by atoms with E-state index in [1.54, 1.807) is 19.2 Å². The molecule has 0 spiro atoms. The van der Waals surface area contributed by atoms with Crippen molar-refractivity contribution in [3.05, 3.63) is 78.5 Å². The molecule has 0 radical (unpaired) electrons. The summed E-state index contributed by atoms with van der Waals surface area (Å²) in [6, 6.07) is 9.14. The summed E-state index contributed by atoms with van der Waals surface area (Å²) in [7, 11) is -2.67. The Labute approximate surface area is 275 Å². The lowest BCUT2D eigenvalue weighted by Crippen LogP contribution is -2.45. The van der Waals surface area contributed by atoms with Crippen LogP contribution in [0.25, 0.3) is 0 Å². The summed E-state index contributed by atoms with van der Waals surface area (Å²) in [4.78, 5) is 30.3. The third kappa shape index (κ3) is 6.41. The van der Waals surface area contributed by atoms with E-state index in [1.165, 1.54) is 24.3 Å². The Kier molecular flexibility index (Phi) is 8.86. The molecule has 0 atom stereocenters. The Bertz CT molecular complexity index is 1620. The minimum atomic E-state index is -4.31. The zero-order valence-corrected chi connectivity index (χ0v) is 29.5. The van der Waals surface area contributed by atoms with Crippen LogP contribution < -0.4 is 4.18 Å². The summed E-state index contributed by atoms with van der Waals surface area (Å²) in [5, 5.41) is 0.390. The van der Waals surface area contributed by atoms with Crippen molar-refractivity contribution in [2.75, 3.05) is 20.3 Å². The molecule has 1 aliphatic heterocycles. The fourth-order valence-electron chi connectivity index (χ4n) is 6.45. The number of ketones is 2. The summed E-state index contributed by atoms with van der Waals surface area (Å²) >= 11 is 13.1. The standard InChI is InChI=1S/C32H34Br2ClNO6S/c1-31(2)14-23-28(25(37)16-31)27(29-24(36(23)10-11-41-5)15-32(3,4)17-26(29)38)21-12-18(33)13-22(34)30(21)42-43(39,40)20-8-6-19(35)7-9-20/h6-9,12-13,27H,10-11,14-17H2,1-5H3. The quantitative estimate of drug-likeness (QED) is 0.265. The van der Waals surface area contributed by atoms with Crippen molar-refractivity contribution in [1.82, 2.24) is 4.90 Å². The van der Waals surface area contributed by atoms with Crippen molar-refractivity contribution < 1.29 is 26.9 Å². The van der Waals surface area contributed by atoms with E-state index in [4.69, 9.17) is 20.5 Å². The van der Waals surface area contributed by atoms with Gasteiger partial charge in [-0.05, 0) is 76.0 Å². The number of methoxy groups -OCH3 is 1. The van der Waals surface area contributed by atoms with Crippen LogP contribution >= 0.6 is 43.5 Å². The van der Waals surface area contributed by atoms with Crippen LogP contribution in [-0.2, 0) is 24.4 Å². The first-order chi connectivity index (χ1) is 20.0. The SMILES string of the molecule is COCCN1C2=C(C(=O)CC(C)(C)C2)C(c2cc(Br)cc(Br)c2OS(=O)(=O)c2ccc(Cl)cc2)C2=C1CC(C)(C)CC2=O. The molecule has 0 fully saturated rings. The van der Waals surface area contributed by atoms with Gasteiger partial charge in [0.15, 0.2) is 17.3 Å². The van der Waals surface area contributed by atoms with Gasteiger partial charge in [0, 0.05) is 70.0 Å². The molecule has 0 unspecified atom stereocenters. The topological polar surface area (TPSA) is 90.0 Å². The Hall–Kier alpha value is -1.98. The van der Waals surface area contributed by atoms with Crippen molar-refractivity contribution >= 4 is 65.1 Å². The van der Waals surface area contributed by atoms with Crippen molar-refractivity contribution in [2.24, 2.45) is 10.8 Å². The van der Waals surface area contributed by atoms with Crippen LogP contribution in [0.15, 0.2) is 72.8 Å². The van der Waals surface area contributed by atoms with Gasteiger partial charge in [-0.2, -0.15) is 8.42 Å². The van der Waals surface area contributed by atoms with Gasteiger partial charge < -0.3 is 13.8 Å². The molecule has 0 saturated carbocycles. The van der Waals surface area contributed by atoms with Crippen molar-refractivity contribution in [3.63, 3.8) is 0 Å². The summed E-state index contributed by atoms with van der Waals surface area (Å²) in [5.41, 5.74) is 2.57. The number of halogens is 3.